The van der Waals surface area contributed by atoms with Crippen molar-refractivity contribution in [2.45, 2.75) is 52.2 Å². The highest BCUT2D eigenvalue weighted by atomic mass is 16.6. The van der Waals surface area contributed by atoms with E-state index in [1.165, 1.54) is 0 Å². The Labute approximate surface area is 98.1 Å². The molecule has 0 radical (unpaired) electrons. The first-order valence-corrected chi connectivity index (χ1v) is 5.80. The van der Waals surface area contributed by atoms with Crippen molar-refractivity contribution in [3.8, 4) is 11.8 Å². The highest BCUT2D eigenvalue weighted by Crippen LogP contribution is 2.20. The summed E-state index contributed by atoms with van der Waals surface area (Å²) in [6.07, 6.45) is 1.94. The molecule has 1 aliphatic heterocycles. The zero-order valence-electron chi connectivity index (χ0n) is 10.7. The summed E-state index contributed by atoms with van der Waals surface area (Å²) >= 11 is 0. The summed E-state index contributed by atoms with van der Waals surface area (Å²) < 4.78 is 5.40. The van der Waals surface area contributed by atoms with E-state index < -0.39 is 5.60 Å². The summed E-state index contributed by atoms with van der Waals surface area (Å²) in [5.74, 6) is 5.76. The number of likely N-dealkylation sites (tertiary alicyclic amines) is 1. The lowest BCUT2D eigenvalue weighted by Gasteiger charge is -2.26. The van der Waals surface area contributed by atoms with Crippen LogP contribution in [0.1, 0.15) is 40.5 Å². The van der Waals surface area contributed by atoms with Crippen LogP contribution >= 0.6 is 0 Å². The number of carbonyl (C=O) groups is 1. The van der Waals surface area contributed by atoms with Crippen LogP contribution in [0.25, 0.3) is 0 Å². The minimum Gasteiger partial charge on any atom is -0.459 e. The van der Waals surface area contributed by atoms with E-state index in [9.17, 15) is 4.79 Å². The average Bonchev–Trinajstić information content (AvgIpc) is 2.59. The monoisotopic (exact) mass is 223 g/mol. The average molecular weight is 223 g/mol. The first kappa shape index (κ1) is 13.1. The molecule has 1 fully saturated rings. The number of rotatable bonds is 2. The van der Waals surface area contributed by atoms with Crippen molar-refractivity contribution in [1.82, 2.24) is 4.90 Å². The van der Waals surface area contributed by atoms with Crippen molar-refractivity contribution >= 4 is 5.97 Å². The van der Waals surface area contributed by atoms with E-state index in [-0.39, 0.29) is 12.0 Å². The normalized spacial score (nSPS) is 21.4. The maximum absolute atomic E-state index is 11.9. The van der Waals surface area contributed by atoms with E-state index in [4.69, 9.17) is 4.74 Å². The number of carbonyl (C=O) groups excluding carboxylic acids is 1. The van der Waals surface area contributed by atoms with E-state index in [2.05, 4.69) is 16.7 Å². The molecule has 16 heavy (non-hydrogen) atoms. The van der Waals surface area contributed by atoms with Gasteiger partial charge in [0.2, 0.25) is 0 Å². The third-order valence-electron chi connectivity index (χ3n) is 2.50. The SMILES string of the molecule is CC#CCN1CCC[C@@H]1C(=O)OC(C)(C)C. The Kier molecular flexibility index (Phi) is 4.37. The van der Waals surface area contributed by atoms with E-state index in [1.54, 1.807) is 0 Å². The summed E-state index contributed by atoms with van der Waals surface area (Å²) in [6.45, 7) is 9.12. The van der Waals surface area contributed by atoms with Gasteiger partial charge in [-0.15, -0.1) is 5.92 Å². The first-order valence-electron chi connectivity index (χ1n) is 5.80. The third kappa shape index (κ3) is 3.86. The Bertz CT molecular complexity index is 306. The number of esters is 1. The molecule has 0 aliphatic carbocycles. The molecular formula is C13H21NO2. The van der Waals surface area contributed by atoms with E-state index in [0.717, 1.165) is 19.4 Å². The van der Waals surface area contributed by atoms with Gasteiger partial charge in [0.1, 0.15) is 11.6 Å². The zero-order valence-corrected chi connectivity index (χ0v) is 10.7. The van der Waals surface area contributed by atoms with Crippen molar-refractivity contribution in [3.63, 3.8) is 0 Å². The molecule has 0 unspecified atom stereocenters. The van der Waals surface area contributed by atoms with Crippen LogP contribution in [0.5, 0.6) is 0 Å². The summed E-state index contributed by atoms with van der Waals surface area (Å²) in [4.78, 5) is 14.0. The fourth-order valence-corrected chi connectivity index (χ4v) is 1.83. The minimum atomic E-state index is -0.401. The predicted molar refractivity (Wildman–Crippen MR) is 63.9 cm³/mol. The fraction of sp³-hybridized carbons (Fsp3) is 0.769. The van der Waals surface area contributed by atoms with Crippen LogP contribution < -0.4 is 0 Å². The molecule has 0 bridgehead atoms. The van der Waals surface area contributed by atoms with Gasteiger partial charge in [-0.1, -0.05) is 5.92 Å². The predicted octanol–water partition coefficient (Wildman–Crippen LogP) is 1.82. The molecular weight excluding hydrogens is 202 g/mol. The summed E-state index contributed by atoms with van der Waals surface area (Å²) in [6, 6.07) is -0.0972. The van der Waals surface area contributed by atoms with Gasteiger partial charge in [-0.2, -0.15) is 0 Å². The largest absolute Gasteiger partial charge is 0.459 e. The Balaban J connectivity index is 2.56. The smallest absolute Gasteiger partial charge is 0.323 e. The lowest BCUT2D eigenvalue weighted by Crippen LogP contribution is -2.40. The molecule has 1 rings (SSSR count). The van der Waals surface area contributed by atoms with Crippen LogP contribution in [0, 0.1) is 11.8 Å². The maximum Gasteiger partial charge on any atom is 0.323 e. The van der Waals surface area contributed by atoms with Gasteiger partial charge >= 0.3 is 5.97 Å². The first-order chi connectivity index (χ1) is 7.44. The Morgan fingerprint density at radius 2 is 2.19 bits per heavy atom. The van der Waals surface area contributed by atoms with Crippen LogP contribution in [-0.4, -0.2) is 35.6 Å². The molecule has 0 aromatic carbocycles. The molecule has 1 heterocycles. The molecule has 3 heteroatoms. The molecule has 1 aliphatic rings. The molecule has 1 saturated heterocycles. The zero-order chi connectivity index (χ0) is 12.2. The van der Waals surface area contributed by atoms with Crippen LogP contribution in [0.2, 0.25) is 0 Å². The lowest BCUT2D eigenvalue weighted by molar-refractivity contribution is -0.160. The second-order valence-electron chi connectivity index (χ2n) is 5.09. The number of hydrogen-bond donors (Lipinski definition) is 0. The number of nitrogens with zero attached hydrogens (tertiary/aromatic N) is 1. The van der Waals surface area contributed by atoms with Gasteiger partial charge in [0, 0.05) is 6.54 Å². The Hall–Kier alpha value is -1.01. The topological polar surface area (TPSA) is 29.5 Å². The lowest BCUT2D eigenvalue weighted by atomic mass is 10.1. The summed E-state index contributed by atoms with van der Waals surface area (Å²) in [7, 11) is 0. The Morgan fingerprint density at radius 1 is 1.50 bits per heavy atom. The van der Waals surface area contributed by atoms with Crippen LogP contribution in [-0.2, 0) is 9.53 Å². The van der Waals surface area contributed by atoms with Crippen LogP contribution in [0.15, 0.2) is 0 Å². The molecule has 0 saturated carbocycles. The quantitative estimate of drug-likeness (QED) is 0.528. The van der Waals surface area contributed by atoms with E-state index >= 15 is 0 Å². The molecule has 0 N–H and O–H groups in total. The Morgan fingerprint density at radius 3 is 2.75 bits per heavy atom. The van der Waals surface area contributed by atoms with E-state index in [1.807, 2.05) is 27.7 Å². The van der Waals surface area contributed by atoms with E-state index in [0.29, 0.717) is 6.54 Å². The van der Waals surface area contributed by atoms with Crippen LogP contribution in [0.3, 0.4) is 0 Å². The highest BCUT2D eigenvalue weighted by molar-refractivity contribution is 5.76. The molecule has 0 aromatic heterocycles. The molecule has 0 aromatic rings. The van der Waals surface area contributed by atoms with Gasteiger partial charge in [-0.25, -0.2) is 0 Å². The summed E-state index contributed by atoms with van der Waals surface area (Å²) in [5, 5.41) is 0. The molecule has 0 amide bonds. The summed E-state index contributed by atoms with van der Waals surface area (Å²) in [5.41, 5.74) is -0.401. The minimum absolute atomic E-state index is 0.0972. The van der Waals surface area contributed by atoms with Crippen molar-refractivity contribution in [1.29, 1.82) is 0 Å². The van der Waals surface area contributed by atoms with Gasteiger partial charge in [0.15, 0.2) is 0 Å². The van der Waals surface area contributed by atoms with Gasteiger partial charge in [0.25, 0.3) is 0 Å². The van der Waals surface area contributed by atoms with Gasteiger partial charge in [-0.3, -0.25) is 9.69 Å². The van der Waals surface area contributed by atoms with Crippen molar-refractivity contribution in [2.75, 3.05) is 13.1 Å². The number of ether oxygens (including phenoxy) is 1. The van der Waals surface area contributed by atoms with Crippen molar-refractivity contribution in [2.24, 2.45) is 0 Å². The van der Waals surface area contributed by atoms with Crippen molar-refractivity contribution < 1.29 is 9.53 Å². The fourth-order valence-electron chi connectivity index (χ4n) is 1.83. The molecule has 90 valence electrons. The van der Waals surface area contributed by atoms with Crippen LogP contribution in [0.4, 0.5) is 0 Å². The molecule has 3 nitrogen and oxygen atoms in total. The number of hydrogen-bond acceptors (Lipinski definition) is 3. The van der Waals surface area contributed by atoms with Gasteiger partial charge in [0.05, 0.1) is 6.54 Å². The van der Waals surface area contributed by atoms with Gasteiger partial charge < -0.3 is 4.74 Å². The van der Waals surface area contributed by atoms with Crippen molar-refractivity contribution in [3.05, 3.63) is 0 Å². The maximum atomic E-state index is 11.9. The molecule has 1 atom stereocenters. The molecule has 0 spiro atoms. The van der Waals surface area contributed by atoms with Gasteiger partial charge in [-0.05, 0) is 40.5 Å². The second-order valence-corrected chi connectivity index (χ2v) is 5.09. The highest BCUT2D eigenvalue weighted by Gasteiger charge is 2.33. The second kappa shape index (κ2) is 5.36. The standard InChI is InChI=1S/C13H21NO2/c1-5-6-9-14-10-7-8-11(14)12(15)16-13(2,3)4/h11H,7-10H2,1-4H3/t11-/m1/s1. The third-order valence-corrected chi connectivity index (χ3v) is 2.50.